The number of carbonyl (C=O) groups is 1. The van der Waals surface area contributed by atoms with Gasteiger partial charge in [-0.3, -0.25) is 14.9 Å². The van der Waals surface area contributed by atoms with Crippen molar-refractivity contribution in [3.63, 3.8) is 0 Å². The minimum absolute atomic E-state index is 0.0127. The molecule has 0 spiro atoms. The molecule has 0 radical (unpaired) electrons. The van der Waals surface area contributed by atoms with Crippen LogP contribution in [0.4, 0.5) is 11.4 Å². The fraction of sp³-hybridized carbons (Fsp3) is 0.438. The summed E-state index contributed by atoms with van der Waals surface area (Å²) in [5, 5.41) is 22.5. The standard InChI is InChI=1S/C16H21N5O3S/c1-4-9-20-15(11(2)3)18-19-16(20)25-10-14(22)17-12-5-7-13(8-6-12)21(23)24/h5-8,11H,4,9-10H2,1-3H3,(H,17,22). The molecule has 0 fully saturated rings. The van der Waals surface area contributed by atoms with E-state index in [2.05, 4.69) is 40.9 Å². The van der Waals surface area contributed by atoms with Crippen molar-refractivity contribution in [2.75, 3.05) is 11.1 Å². The third-order valence-electron chi connectivity index (χ3n) is 3.40. The molecule has 2 rings (SSSR count). The zero-order valence-corrected chi connectivity index (χ0v) is 15.2. The Morgan fingerprint density at radius 2 is 2.00 bits per heavy atom. The number of nitro benzene ring substituents is 1. The molecule has 1 N–H and O–H groups in total. The molecule has 2 aromatic rings. The average Bonchev–Trinajstić information content (AvgIpc) is 2.97. The Bertz CT molecular complexity index is 743. The Labute approximate surface area is 150 Å². The van der Waals surface area contributed by atoms with Crippen molar-refractivity contribution in [3.05, 3.63) is 40.2 Å². The first-order valence-corrected chi connectivity index (χ1v) is 9.01. The summed E-state index contributed by atoms with van der Waals surface area (Å²) < 4.78 is 2.05. The third kappa shape index (κ3) is 5.02. The van der Waals surface area contributed by atoms with Gasteiger partial charge in [-0.1, -0.05) is 32.5 Å². The first kappa shape index (κ1) is 18.9. The maximum absolute atomic E-state index is 12.1. The van der Waals surface area contributed by atoms with E-state index in [1.54, 1.807) is 0 Å². The zero-order valence-electron chi connectivity index (χ0n) is 14.4. The van der Waals surface area contributed by atoms with Crippen LogP contribution in [0, 0.1) is 10.1 Å². The topological polar surface area (TPSA) is 103 Å². The normalized spacial score (nSPS) is 10.9. The van der Waals surface area contributed by atoms with E-state index in [-0.39, 0.29) is 23.3 Å². The maximum atomic E-state index is 12.1. The van der Waals surface area contributed by atoms with E-state index in [4.69, 9.17) is 0 Å². The highest BCUT2D eigenvalue weighted by Crippen LogP contribution is 2.22. The van der Waals surface area contributed by atoms with Gasteiger partial charge in [0.25, 0.3) is 5.69 Å². The molecule has 8 nitrogen and oxygen atoms in total. The van der Waals surface area contributed by atoms with Gasteiger partial charge in [0.05, 0.1) is 10.7 Å². The number of aromatic nitrogens is 3. The second-order valence-corrected chi connectivity index (χ2v) is 6.73. The van der Waals surface area contributed by atoms with Crippen molar-refractivity contribution in [3.8, 4) is 0 Å². The molecule has 1 aromatic carbocycles. The number of carbonyl (C=O) groups excluding carboxylic acids is 1. The fourth-order valence-electron chi connectivity index (χ4n) is 2.26. The summed E-state index contributed by atoms with van der Waals surface area (Å²) in [6, 6.07) is 5.74. The molecule has 0 aliphatic carbocycles. The zero-order chi connectivity index (χ0) is 18.4. The van der Waals surface area contributed by atoms with Gasteiger partial charge < -0.3 is 9.88 Å². The quantitative estimate of drug-likeness (QED) is 0.438. The largest absolute Gasteiger partial charge is 0.325 e. The smallest absolute Gasteiger partial charge is 0.269 e. The highest BCUT2D eigenvalue weighted by molar-refractivity contribution is 7.99. The number of nitrogens with zero attached hydrogens (tertiary/aromatic N) is 4. The lowest BCUT2D eigenvalue weighted by Gasteiger charge is -2.10. The number of hydrogen-bond acceptors (Lipinski definition) is 6. The van der Waals surface area contributed by atoms with Crippen LogP contribution in [0.1, 0.15) is 38.9 Å². The van der Waals surface area contributed by atoms with Gasteiger partial charge in [-0.15, -0.1) is 10.2 Å². The average molecular weight is 363 g/mol. The number of nitro groups is 1. The van der Waals surface area contributed by atoms with Crippen LogP contribution in [0.3, 0.4) is 0 Å². The monoisotopic (exact) mass is 363 g/mol. The van der Waals surface area contributed by atoms with Crippen molar-refractivity contribution in [2.45, 2.75) is 44.8 Å². The molecule has 0 saturated carbocycles. The SMILES string of the molecule is CCCn1c(SCC(=O)Nc2ccc([N+](=O)[O-])cc2)nnc1C(C)C. The number of hydrogen-bond donors (Lipinski definition) is 1. The van der Waals surface area contributed by atoms with Gasteiger partial charge in [0, 0.05) is 30.3 Å². The van der Waals surface area contributed by atoms with Gasteiger partial charge in [0.2, 0.25) is 5.91 Å². The summed E-state index contributed by atoms with van der Waals surface area (Å²) in [5.74, 6) is 1.18. The van der Waals surface area contributed by atoms with Gasteiger partial charge in [-0.2, -0.15) is 0 Å². The molecule has 0 bridgehead atoms. The lowest BCUT2D eigenvalue weighted by Crippen LogP contribution is -2.15. The molecule has 1 amide bonds. The fourth-order valence-corrected chi connectivity index (χ4v) is 3.03. The maximum Gasteiger partial charge on any atom is 0.269 e. The van der Waals surface area contributed by atoms with E-state index in [1.165, 1.54) is 36.0 Å². The molecule has 0 unspecified atom stereocenters. The molecular weight excluding hydrogens is 342 g/mol. The molecule has 1 aromatic heterocycles. The number of benzene rings is 1. The molecule has 1 heterocycles. The predicted octanol–water partition coefficient (Wildman–Crippen LogP) is 3.45. The molecule has 9 heteroatoms. The van der Waals surface area contributed by atoms with E-state index in [0.717, 1.165) is 23.9 Å². The second kappa shape index (κ2) is 8.61. The van der Waals surface area contributed by atoms with Crippen molar-refractivity contribution < 1.29 is 9.72 Å². The van der Waals surface area contributed by atoms with Gasteiger partial charge in [0.15, 0.2) is 5.16 Å². The van der Waals surface area contributed by atoms with Gasteiger partial charge >= 0.3 is 0 Å². The summed E-state index contributed by atoms with van der Waals surface area (Å²) in [7, 11) is 0. The third-order valence-corrected chi connectivity index (χ3v) is 4.37. The Morgan fingerprint density at radius 1 is 1.32 bits per heavy atom. The van der Waals surface area contributed by atoms with E-state index >= 15 is 0 Å². The number of non-ortho nitro benzene ring substituents is 1. The van der Waals surface area contributed by atoms with Crippen LogP contribution in [0.15, 0.2) is 29.4 Å². The van der Waals surface area contributed by atoms with Crippen LogP contribution in [0.25, 0.3) is 0 Å². The van der Waals surface area contributed by atoms with Crippen LogP contribution < -0.4 is 5.32 Å². The Kier molecular flexibility index (Phi) is 6.51. The number of amides is 1. The summed E-state index contributed by atoms with van der Waals surface area (Å²) in [6.07, 6.45) is 0.959. The number of thioether (sulfide) groups is 1. The minimum Gasteiger partial charge on any atom is -0.325 e. The van der Waals surface area contributed by atoms with E-state index < -0.39 is 4.92 Å². The van der Waals surface area contributed by atoms with E-state index in [1.807, 2.05) is 0 Å². The van der Waals surface area contributed by atoms with E-state index in [0.29, 0.717) is 5.69 Å². The summed E-state index contributed by atoms with van der Waals surface area (Å²) >= 11 is 1.33. The van der Waals surface area contributed by atoms with Gasteiger partial charge in [-0.05, 0) is 18.6 Å². The Balaban J connectivity index is 1.96. The molecule has 134 valence electrons. The van der Waals surface area contributed by atoms with Crippen LogP contribution in [0.2, 0.25) is 0 Å². The highest BCUT2D eigenvalue weighted by Gasteiger charge is 2.16. The molecule has 0 saturated heterocycles. The Hall–Kier alpha value is -2.42. The number of anilines is 1. The number of nitrogens with one attached hydrogen (secondary N) is 1. The molecule has 0 aliphatic heterocycles. The second-order valence-electron chi connectivity index (χ2n) is 5.79. The summed E-state index contributed by atoms with van der Waals surface area (Å²) in [4.78, 5) is 22.2. The van der Waals surface area contributed by atoms with Crippen molar-refractivity contribution >= 4 is 29.0 Å². The first-order valence-electron chi connectivity index (χ1n) is 8.02. The number of rotatable bonds is 8. The van der Waals surface area contributed by atoms with E-state index in [9.17, 15) is 14.9 Å². The lowest BCUT2D eigenvalue weighted by molar-refractivity contribution is -0.384. The van der Waals surface area contributed by atoms with Crippen LogP contribution in [-0.2, 0) is 11.3 Å². The summed E-state index contributed by atoms with van der Waals surface area (Å²) in [6.45, 7) is 7.02. The predicted molar refractivity (Wildman–Crippen MR) is 96.9 cm³/mol. The molecule has 0 atom stereocenters. The molecular formula is C16H21N5O3S. The summed E-state index contributed by atoms with van der Waals surface area (Å²) in [5.41, 5.74) is 0.510. The highest BCUT2D eigenvalue weighted by atomic mass is 32.2. The minimum atomic E-state index is -0.478. The van der Waals surface area contributed by atoms with Crippen LogP contribution in [-0.4, -0.2) is 31.3 Å². The van der Waals surface area contributed by atoms with Crippen molar-refractivity contribution in [1.82, 2.24) is 14.8 Å². The van der Waals surface area contributed by atoms with Crippen molar-refractivity contribution in [2.24, 2.45) is 0 Å². The van der Waals surface area contributed by atoms with Gasteiger partial charge in [-0.25, -0.2) is 0 Å². The molecule has 0 aliphatic rings. The van der Waals surface area contributed by atoms with Crippen LogP contribution >= 0.6 is 11.8 Å². The Morgan fingerprint density at radius 3 is 2.56 bits per heavy atom. The van der Waals surface area contributed by atoms with Crippen molar-refractivity contribution in [1.29, 1.82) is 0 Å². The van der Waals surface area contributed by atoms with Gasteiger partial charge in [0.1, 0.15) is 5.82 Å². The first-order chi connectivity index (χ1) is 11.9. The van der Waals surface area contributed by atoms with Crippen LogP contribution in [0.5, 0.6) is 0 Å². The lowest BCUT2D eigenvalue weighted by atomic mass is 10.2. The molecule has 25 heavy (non-hydrogen) atoms.